The van der Waals surface area contributed by atoms with Crippen molar-refractivity contribution in [3.63, 3.8) is 0 Å². The predicted molar refractivity (Wildman–Crippen MR) is 43.7 cm³/mol. The SMILES string of the molecule is CC(C)(N)c1csc(N)n1. The summed E-state index contributed by atoms with van der Waals surface area (Å²) in [4.78, 5) is 4.05. The average Bonchev–Trinajstić information content (AvgIpc) is 2.11. The molecule has 4 heteroatoms. The Morgan fingerprint density at radius 2 is 2.20 bits per heavy atom. The number of hydrogen-bond donors (Lipinski definition) is 2. The number of nitrogens with two attached hydrogens (primary N) is 2. The topological polar surface area (TPSA) is 64.9 Å². The molecule has 0 spiro atoms. The van der Waals surface area contributed by atoms with Crippen molar-refractivity contribution in [2.75, 3.05) is 5.73 Å². The highest BCUT2D eigenvalue weighted by molar-refractivity contribution is 7.13. The van der Waals surface area contributed by atoms with Crippen LogP contribution in [0.5, 0.6) is 0 Å². The molecule has 0 unspecified atom stereocenters. The van der Waals surface area contributed by atoms with Crippen molar-refractivity contribution < 1.29 is 0 Å². The van der Waals surface area contributed by atoms with E-state index in [0.29, 0.717) is 5.13 Å². The van der Waals surface area contributed by atoms with Crippen LogP contribution in [0.1, 0.15) is 19.5 Å². The zero-order valence-corrected chi connectivity index (χ0v) is 6.90. The molecule has 1 aromatic heterocycles. The zero-order chi connectivity index (χ0) is 7.78. The van der Waals surface area contributed by atoms with E-state index in [9.17, 15) is 0 Å². The van der Waals surface area contributed by atoms with Gasteiger partial charge in [-0.3, -0.25) is 0 Å². The van der Waals surface area contributed by atoms with Crippen molar-refractivity contribution in [3.05, 3.63) is 11.1 Å². The second-order valence-corrected chi connectivity index (χ2v) is 3.68. The Labute approximate surface area is 64.1 Å². The van der Waals surface area contributed by atoms with Gasteiger partial charge in [-0.25, -0.2) is 4.98 Å². The van der Waals surface area contributed by atoms with Crippen LogP contribution in [-0.4, -0.2) is 4.98 Å². The highest BCUT2D eigenvalue weighted by Gasteiger charge is 2.16. The molecule has 1 heterocycles. The second-order valence-electron chi connectivity index (χ2n) is 2.79. The Morgan fingerprint density at radius 3 is 2.40 bits per heavy atom. The van der Waals surface area contributed by atoms with Gasteiger partial charge in [0.15, 0.2) is 5.13 Å². The lowest BCUT2D eigenvalue weighted by Crippen LogP contribution is -2.28. The van der Waals surface area contributed by atoms with Gasteiger partial charge < -0.3 is 11.5 Å². The molecule has 0 aliphatic rings. The standard InChI is InChI=1S/C6H11N3S/c1-6(2,8)4-3-10-5(7)9-4/h3H,8H2,1-2H3,(H2,7,9). The lowest BCUT2D eigenvalue weighted by molar-refractivity contribution is 0.539. The molecule has 4 N–H and O–H groups in total. The summed E-state index contributed by atoms with van der Waals surface area (Å²) in [5.41, 5.74) is 11.7. The van der Waals surface area contributed by atoms with E-state index in [1.165, 1.54) is 11.3 Å². The Balaban J connectivity index is 2.96. The summed E-state index contributed by atoms with van der Waals surface area (Å²) in [5, 5.41) is 2.46. The van der Waals surface area contributed by atoms with Crippen LogP contribution in [0.4, 0.5) is 5.13 Å². The van der Waals surface area contributed by atoms with E-state index in [1.54, 1.807) is 0 Å². The van der Waals surface area contributed by atoms with Crippen LogP contribution in [0.15, 0.2) is 5.38 Å². The number of thiazole rings is 1. The number of hydrogen-bond acceptors (Lipinski definition) is 4. The minimum Gasteiger partial charge on any atom is -0.375 e. The summed E-state index contributed by atoms with van der Waals surface area (Å²) in [6.07, 6.45) is 0. The first-order chi connectivity index (χ1) is 4.50. The number of nitrogen functional groups attached to an aromatic ring is 1. The smallest absolute Gasteiger partial charge is 0.180 e. The number of aromatic nitrogens is 1. The third-order valence-corrected chi connectivity index (χ3v) is 1.86. The average molecular weight is 157 g/mol. The highest BCUT2D eigenvalue weighted by Crippen LogP contribution is 2.20. The number of anilines is 1. The Hall–Kier alpha value is -0.610. The third-order valence-electron chi connectivity index (χ3n) is 1.18. The van der Waals surface area contributed by atoms with Crippen LogP contribution < -0.4 is 11.5 Å². The highest BCUT2D eigenvalue weighted by atomic mass is 32.1. The summed E-state index contributed by atoms with van der Waals surface area (Å²) in [7, 11) is 0. The Morgan fingerprint density at radius 1 is 1.60 bits per heavy atom. The molecule has 1 aromatic rings. The summed E-state index contributed by atoms with van der Waals surface area (Å²) >= 11 is 1.42. The van der Waals surface area contributed by atoms with Crippen LogP contribution in [0.25, 0.3) is 0 Å². The molecule has 56 valence electrons. The van der Waals surface area contributed by atoms with Gasteiger partial charge in [0.2, 0.25) is 0 Å². The van der Waals surface area contributed by atoms with E-state index >= 15 is 0 Å². The first-order valence-corrected chi connectivity index (χ1v) is 3.88. The maximum atomic E-state index is 5.76. The van der Waals surface area contributed by atoms with Crippen molar-refractivity contribution in [2.45, 2.75) is 19.4 Å². The maximum Gasteiger partial charge on any atom is 0.180 e. The van der Waals surface area contributed by atoms with Crippen molar-refractivity contribution >= 4 is 16.5 Å². The number of nitrogens with zero attached hydrogens (tertiary/aromatic N) is 1. The van der Waals surface area contributed by atoms with Gasteiger partial charge in [0.25, 0.3) is 0 Å². The fraction of sp³-hybridized carbons (Fsp3) is 0.500. The van der Waals surface area contributed by atoms with Gasteiger partial charge in [0, 0.05) is 5.38 Å². The van der Waals surface area contributed by atoms with Gasteiger partial charge in [0.05, 0.1) is 11.2 Å². The van der Waals surface area contributed by atoms with Gasteiger partial charge in [-0.1, -0.05) is 0 Å². The molecule has 3 nitrogen and oxygen atoms in total. The van der Waals surface area contributed by atoms with Gasteiger partial charge in [0.1, 0.15) is 0 Å². The Bertz CT molecular complexity index is 223. The van der Waals surface area contributed by atoms with Crippen molar-refractivity contribution in [1.29, 1.82) is 0 Å². The van der Waals surface area contributed by atoms with E-state index in [0.717, 1.165) is 5.69 Å². The van der Waals surface area contributed by atoms with E-state index < -0.39 is 0 Å². The molecule has 1 rings (SSSR count). The minimum atomic E-state index is -0.367. The third kappa shape index (κ3) is 1.46. The van der Waals surface area contributed by atoms with E-state index in [4.69, 9.17) is 11.5 Å². The second kappa shape index (κ2) is 2.21. The van der Waals surface area contributed by atoms with Gasteiger partial charge in [-0.15, -0.1) is 11.3 Å². The Kier molecular flexibility index (Phi) is 1.66. The van der Waals surface area contributed by atoms with Gasteiger partial charge in [-0.05, 0) is 13.8 Å². The molecule has 0 aliphatic carbocycles. The summed E-state index contributed by atoms with van der Waals surface area (Å²) in [6, 6.07) is 0. The molecule has 0 aromatic carbocycles. The normalized spacial score (nSPS) is 11.9. The lowest BCUT2D eigenvalue weighted by Gasteiger charge is -2.14. The van der Waals surface area contributed by atoms with Crippen molar-refractivity contribution in [2.24, 2.45) is 5.73 Å². The van der Waals surface area contributed by atoms with E-state index in [2.05, 4.69) is 4.98 Å². The lowest BCUT2D eigenvalue weighted by atomic mass is 10.0. The van der Waals surface area contributed by atoms with Crippen molar-refractivity contribution in [3.8, 4) is 0 Å². The van der Waals surface area contributed by atoms with Crippen LogP contribution in [0, 0.1) is 0 Å². The molecule has 0 aliphatic heterocycles. The summed E-state index contributed by atoms with van der Waals surface area (Å²) in [6.45, 7) is 3.81. The number of rotatable bonds is 1. The minimum absolute atomic E-state index is 0.367. The first-order valence-electron chi connectivity index (χ1n) is 3.00. The molecule has 0 fully saturated rings. The first kappa shape index (κ1) is 7.50. The molecule has 0 saturated heterocycles. The van der Waals surface area contributed by atoms with Crippen molar-refractivity contribution in [1.82, 2.24) is 4.98 Å². The molecule has 0 bridgehead atoms. The molecule has 0 saturated carbocycles. The predicted octanol–water partition coefficient (Wildman–Crippen LogP) is 0.919. The van der Waals surface area contributed by atoms with E-state index in [1.807, 2.05) is 19.2 Å². The summed E-state index contributed by atoms with van der Waals surface area (Å²) < 4.78 is 0. The fourth-order valence-electron chi connectivity index (χ4n) is 0.584. The zero-order valence-electron chi connectivity index (χ0n) is 6.09. The molecule has 0 amide bonds. The van der Waals surface area contributed by atoms with Crippen LogP contribution in [-0.2, 0) is 5.54 Å². The quantitative estimate of drug-likeness (QED) is 0.637. The van der Waals surface area contributed by atoms with Gasteiger partial charge >= 0.3 is 0 Å². The molecular formula is C6H11N3S. The molecular weight excluding hydrogens is 146 g/mol. The monoisotopic (exact) mass is 157 g/mol. The van der Waals surface area contributed by atoms with Gasteiger partial charge in [-0.2, -0.15) is 0 Å². The molecule has 10 heavy (non-hydrogen) atoms. The van der Waals surface area contributed by atoms with E-state index in [-0.39, 0.29) is 5.54 Å². The van der Waals surface area contributed by atoms with Crippen LogP contribution in [0.3, 0.4) is 0 Å². The fourth-order valence-corrected chi connectivity index (χ4v) is 1.32. The van der Waals surface area contributed by atoms with Crippen LogP contribution in [0.2, 0.25) is 0 Å². The molecule has 0 atom stereocenters. The molecule has 0 radical (unpaired) electrons. The maximum absolute atomic E-state index is 5.76. The summed E-state index contributed by atoms with van der Waals surface area (Å²) in [5.74, 6) is 0. The van der Waals surface area contributed by atoms with Crippen LogP contribution >= 0.6 is 11.3 Å². The largest absolute Gasteiger partial charge is 0.375 e.